The zero-order chi connectivity index (χ0) is 24.1. The number of thiazole rings is 1. The number of carbonyl (C=O) groups excluding carboxylic acids is 2. The molecule has 7 nitrogen and oxygen atoms in total. The third-order valence-electron chi connectivity index (χ3n) is 4.70. The molecule has 1 aromatic heterocycles. The van der Waals surface area contributed by atoms with Crippen molar-refractivity contribution in [2.24, 2.45) is 0 Å². The van der Waals surface area contributed by atoms with E-state index < -0.39 is 11.8 Å². The minimum absolute atomic E-state index is 0.0972. The fourth-order valence-electron chi connectivity index (χ4n) is 3.12. The molecule has 174 valence electrons. The van der Waals surface area contributed by atoms with E-state index in [2.05, 4.69) is 20.9 Å². The number of hydrogen-bond donors (Lipinski definition) is 3. The van der Waals surface area contributed by atoms with E-state index in [1.165, 1.54) is 35.2 Å². The van der Waals surface area contributed by atoms with Gasteiger partial charge in [0.25, 0.3) is 0 Å². The molecule has 0 aliphatic rings. The van der Waals surface area contributed by atoms with Gasteiger partial charge < -0.3 is 20.7 Å². The first kappa shape index (κ1) is 23.5. The summed E-state index contributed by atoms with van der Waals surface area (Å²) in [5, 5.41) is 8.17. The summed E-state index contributed by atoms with van der Waals surface area (Å²) in [4.78, 5) is 29.2. The predicted molar refractivity (Wildman–Crippen MR) is 136 cm³/mol. The summed E-state index contributed by atoms with van der Waals surface area (Å²) in [6, 6.07) is 16.5. The van der Waals surface area contributed by atoms with Gasteiger partial charge in [0.15, 0.2) is 4.34 Å². The maximum atomic E-state index is 13.7. The number of halogens is 1. The molecule has 0 radical (unpaired) electrons. The highest BCUT2D eigenvalue weighted by Crippen LogP contribution is 2.32. The number of para-hydroxylation sites is 1. The number of nitrogens with one attached hydrogen (secondary N) is 3. The van der Waals surface area contributed by atoms with Gasteiger partial charge in [-0.1, -0.05) is 30.0 Å². The number of fused-ring (bicyclic) bond motifs is 1. The Hall–Kier alpha value is -3.63. The number of rotatable bonds is 7. The number of aryl methyl sites for hydroxylation is 1. The molecular weight excluding hydrogens is 475 g/mol. The molecule has 0 saturated carbocycles. The molecule has 0 saturated heterocycles. The number of ether oxygens (including phenoxy) is 1. The minimum atomic E-state index is -0.481. The summed E-state index contributed by atoms with van der Waals surface area (Å²) in [5.74, 6) is -0.134. The largest absolute Gasteiger partial charge is 0.495 e. The van der Waals surface area contributed by atoms with Crippen LogP contribution in [0.1, 0.15) is 5.56 Å². The monoisotopic (exact) mass is 496 g/mol. The molecule has 34 heavy (non-hydrogen) atoms. The van der Waals surface area contributed by atoms with Crippen molar-refractivity contribution >= 4 is 62.3 Å². The van der Waals surface area contributed by atoms with Crippen LogP contribution >= 0.6 is 23.1 Å². The predicted octanol–water partition coefficient (Wildman–Crippen LogP) is 6.13. The molecule has 0 unspecified atom stereocenters. The van der Waals surface area contributed by atoms with Crippen LogP contribution in [-0.4, -0.2) is 29.8 Å². The van der Waals surface area contributed by atoms with Crippen LogP contribution in [0, 0.1) is 12.7 Å². The number of nitrogens with zero attached hydrogens (tertiary/aromatic N) is 1. The summed E-state index contributed by atoms with van der Waals surface area (Å²) in [5.41, 5.74) is 3.08. The van der Waals surface area contributed by atoms with Gasteiger partial charge in [-0.15, -0.1) is 11.3 Å². The summed E-state index contributed by atoms with van der Waals surface area (Å²) >= 11 is 2.67. The molecule has 3 N–H and O–H groups in total. The highest BCUT2D eigenvalue weighted by atomic mass is 32.2. The molecule has 0 bridgehead atoms. The average molecular weight is 497 g/mol. The molecular formula is C24H21FN4O3S2. The van der Waals surface area contributed by atoms with E-state index in [1.807, 2.05) is 25.1 Å². The average Bonchev–Trinajstić information content (AvgIpc) is 3.21. The van der Waals surface area contributed by atoms with Crippen molar-refractivity contribution in [2.75, 3.05) is 28.8 Å². The number of anilines is 3. The molecule has 1 heterocycles. The van der Waals surface area contributed by atoms with E-state index in [4.69, 9.17) is 4.74 Å². The lowest BCUT2D eigenvalue weighted by molar-refractivity contribution is -0.113. The first-order valence-corrected chi connectivity index (χ1v) is 12.0. The Morgan fingerprint density at radius 1 is 1.03 bits per heavy atom. The maximum absolute atomic E-state index is 13.7. The molecule has 4 aromatic rings. The van der Waals surface area contributed by atoms with E-state index in [1.54, 1.807) is 37.4 Å². The third kappa shape index (κ3) is 5.83. The highest BCUT2D eigenvalue weighted by Gasteiger charge is 2.12. The van der Waals surface area contributed by atoms with Crippen LogP contribution in [0.4, 0.5) is 26.2 Å². The van der Waals surface area contributed by atoms with Crippen molar-refractivity contribution in [1.82, 2.24) is 4.98 Å². The maximum Gasteiger partial charge on any atom is 0.323 e. The summed E-state index contributed by atoms with van der Waals surface area (Å²) < 4.78 is 20.5. The zero-order valence-corrected chi connectivity index (χ0v) is 20.0. The number of amides is 3. The molecule has 0 aliphatic heterocycles. The van der Waals surface area contributed by atoms with Gasteiger partial charge in [0.05, 0.1) is 34.5 Å². The molecule has 3 aromatic carbocycles. The van der Waals surface area contributed by atoms with Gasteiger partial charge in [-0.3, -0.25) is 4.79 Å². The van der Waals surface area contributed by atoms with Gasteiger partial charge in [-0.05, 0) is 55.0 Å². The fourth-order valence-corrected chi connectivity index (χ4v) is 5.03. The lowest BCUT2D eigenvalue weighted by atomic mass is 10.2. The standard InChI is InChI=1S/C24H21FN4O3S2/c1-14-7-10-20(32-2)19(11-14)28-23(31)26-15-8-9-18-21(12-15)34-24(29-18)33-13-22(30)27-17-6-4-3-5-16(17)25/h3-12H,13H2,1-2H3,(H,27,30)(H2,26,28,31). The van der Waals surface area contributed by atoms with Gasteiger partial charge >= 0.3 is 6.03 Å². The Kier molecular flexibility index (Phi) is 7.29. The second kappa shape index (κ2) is 10.5. The number of benzene rings is 3. The number of carbonyl (C=O) groups is 2. The van der Waals surface area contributed by atoms with Crippen molar-refractivity contribution in [3.63, 3.8) is 0 Å². The first-order chi connectivity index (χ1) is 16.4. The van der Waals surface area contributed by atoms with E-state index in [9.17, 15) is 14.0 Å². The van der Waals surface area contributed by atoms with Crippen molar-refractivity contribution in [3.8, 4) is 5.75 Å². The second-order valence-electron chi connectivity index (χ2n) is 7.26. The molecule has 3 amide bonds. The van der Waals surface area contributed by atoms with Gasteiger partial charge in [0.2, 0.25) is 5.91 Å². The Bertz CT molecular complexity index is 1360. The van der Waals surface area contributed by atoms with E-state index in [0.717, 1.165) is 15.8 Å². The summed E-state index contributed by atoms with van der Waals surface area (Å²) in [6.07, 6.45) is 0. The van der Waals surface area contributed by atoms with Gasteiger partial charge in [0.1, 0.15) is 11.6 Å². The van der Waals surface area contributed by atoms with Crippen LogP contribution in [0.25, 0.3) is 10.2 Å². The lowest BCUT2D eigenvalue weighted by Crippen LogP contribution is -2.19. The molecule has 4 rings (SSSR count). The minimum Gasteiger partial charge on any atom is -0.495 e. The van der Waals surface area contributed by atoms with Gasteiger partial charge in [0, 0.05) is 5.69 Å². The van der Waals surface area contributed by atoms with Crippen LogP contribution in [0.3, 0.4) is 0 Å². The van der Waals surface area contributed by atoms with Gasteiger partial charge in [-0.2, -0.15) is 0 Å². The van der Waals surface area contributed by atoms with Crippen LogP contribution < -0.4 is 20.7 Å². The van der Waals surface area contributed by atoms with Crippen LogP contribution in [0.5, 0.6) is 5.75 Å². The van der Waals surface area contributed by atoms with Crippen molar-refractivity contribution in [1.29, 1.82) is 0 Å². The number of thioether (sulfide) groups is 1. The topological polar surface area (TPSA) is 92.3 Å². The van der Waals surface area contributed by atoms with Crippen LogP contribution in [-0.2, 0) is 4.79 Å². The normalized spacial score (nSPS) is 10.7. The quantitative estimate of drug-likeness (QED) is 0.268. The smallest absolute Gasteiger partial charge is 0.323 e. The van der Waals surface area contributed by atoms with Gasteiger partial charge in [-0.25, -0.2) is 14.2 Å². The van der Waals surface area contributed by atoms with Crippen molar-refractivity contribution < 1.29 is 18.7 Å². The van der Waals surface area contributed by atoms with E-state index in [-0.39, 0.29) is 17.3 Å². The molecule has 10 heteroatoms. The summed E-state index contributed by atoms with van der Waals surface area (Å²) in [6.45, 7) is 1.93. The Morgan fingerprint density at radius 2 is 1.85 bits per heavy atom. The van der Waals surface area contributed by atoms with E-state index >= 15 is 0 Å². The Labute approximate surface area is 203 Å². The molecule has 0 aliphatic carbocycles. The summed E-state index contributed by atoms with van der Waals surface area (Å²) in [7, 11) is 1.55. The van der Waals surface area contributed by atoms with E-state index in [0.29, 0.717) is 21.5 Å². The third-order valence-corrected chi connectivity index (χ3v) is 6.87. The molecule has 0 spiro atoms. The lowest BCUT2D eigenvalue weighted by Gasteiger charge is -2.12. The van der Waals surface area contributed by atoms with Crippen LogP contribution in [0.2, 0.25) is 0 Å². The first-order valence-electron chi connectivity index (χ1n) is 10.2. The van der Waals surface area contributed by atoms with Crippen molar-refractivity contribution in [2.45, 2.75) is 11.3 Å². The number of hydrogen-bond acceptors (Lipinski definition) is 6. The molecule has 0 fully saturated rings. The number of methoxy groups -OCH3 is 1. The fraction of sp³-hybridized carbons (Fsp3) is 0.125. The highest BCUT2D eigenvalue weighted by molar-refractivity contribution is 8.01. The Balaban J connectivity index is 1.37. The Morgan fingerprint density at radius 3 is 2.65 bits per heavy atom. The number of aromatic nitrogens is 1. The molecule has 0 atom stereocenters. The second-order valence-corrected chi connectivity index (χ2v) is 9.51. The zero-order valence-electron chi connectivity index (χ0n) is 18.3. The number of urea groups is 1. The SMILES string of the molecule is COc1ccc(C)cc1NC(=O)Nc1ccc2nc(SCC(=O)Nc3ccccc3F)sc2c1. The van der Waals surface area contributed by atoms with Crippen molar-refractivity contribution in [3.05, 3.63) is 72.0 Å². The van der Waals surface area contributed by atoms with Crippen LogP contribution in [0.15, 0.2) is 65.0 Å².